The van der Waals surface area contributed by atoms with E-state index in [0.29, 0.717) is 17.4 Å². The maximum Gasteiger partial charge on any atom is 0.231 e. The van der Waals surface area contributed by atoms with Crippen LogP contribution in [-0.2, 0) is 0 Å². The molecule has 5 nitrogen and oxygen atoms in total. The fourth-order valence-electron chi connectivity index (χ4n) is 2.82. The van der Waals surface area contributed by atoms with E-state index in [2.05, 4.69) is 5.32 Å². The van der Waals surface area contributed by atoms with E-state index in [1.165, 1.54) is 0 Å². The number of nitrogens with one attached hydrogen (secondary N) is 1. The normalized spacial score (nSPS) is 20.3. The Kier molecular flexibility index (Phi) is 3.48. The summed E-state index contributed by atoms with van der Waals surface area (Å²) in [5.74, 6) is 2.63. The van der Waals surface area contributed by atoms with Gasteiger partial charge in [-0.25, -0.2) is 0 Å². The number of hydrogen-bond donors (Lipinski definition) is 2. The first-order chi connectivity index (χ1) is 9.29. The van der Waals surface area contributed by atoms with E-state index in [1.807, 2.05) is 12.1 Å². The molecule has 1 fully saturated rings. The number of rotatable bonds is 3. The summed E-state index contributed by atoms with van der Waals surface area (Å²) >= 11 is 0. The van der Waals surface area contributed by atoms with Crippen molar-refractivity contribution in [1.82, 2.24) is 5.32 Å². The summed E-state index contributed by atoms with van der Waals surface area (Å²) in [6, 6.07) is 3.98. The Morgan fingerprint density at radius 3 is 2.84 bits per heavy atom. The first-order valence-corrected chi connectivity index (χ1v) is 6.73. The monoisotopic (exact) mass is 264 g/mol. The van der Waals surface area contributed by atoms with Crippen molar-refractivity contribution in [3.8, 4) is 17.2 Å². The highest BCUT2D eigenvalue weighted by atomic mass is 16.7. The fraction of sp³-hybridized carbons (Fsp3) is 0.571. The van der Waals surface area contributed by atoms with Crippen molar-refractivity contribution in [2.24, 2.45) is 11.7 Å². The van der Waals surface area contributed by atoms with Gasteiger partial charge in [0, 0.05) is 6.04 Å². The molecule has 5 heteroatoms. The van der Waals surface area contributed by atoms with Crippen molar-refractivity contribution in [2.75, 3.05) is 27.0 Å². The van der Waals surface area contributed by atoms with Crippen LogP contribution < -0.4 is 25.3 Å². The summed E-state index contributed by atoms with van der Waals surface area (Å²) < 4.78 is 16.2. The highest BCUT2D eigenvalue weighted by Crippen LogP contribution is 2.43. The number of ether oxygens (including phenoxy) is 3. The third-order valence-corrected chi connectivity index (χ3v) is 3.96. The zero-order valence-corrected chi connectivity index (χ0v) is 11.1. The van der Waals surface area contributed by atoms with Crippen molar-refractivity contribution in [3.63, 3.8) is 0 Å². The lowest BCUT2D eigenvalue weighted by Crippen LogP contribution is -2.33. The molecular formula is C14H20N2O3. The molecule has 1 aromatic carbocycles. The number of fused-ring (bicyclic) bond motifs is 1. The second-order valence-corrected chi connectivity index (χ2v) is 5.07. The van der Waals surface area contributed by atoms with Gasteiger partial charge in [-0.3, -0.25) is 0 Å². The van der Waals surface area contributed by atoms with Gasteiger partial charge in [0.25, 0.3) is 0 Å². The van der Waals surface area contributed by atoms with Crippen LogP contribution in [0.25, 0.3) is 0 Å². The maximum absolute atomic E-state index is 6.41. The Hall–Kier alpha value is -1.46. The fourth-order valence-corrected chi connectivity index (χ4v) is 2.82. The van der Waals surface area contributed by atoms with Crippen LogP contribution in [0.2, 0.25) is 0 Å². The van der Waals surface area contributed by atoms with Gasteiger partial charge in [0.05, 0.1) is 7.11 Å². The number of piperidine rings is 1. The largest absolute Gasteiger partial charge is 0.493 e. The standard InChI is InChI=1S/C14H20N2O3/c1-17-11-6-10(7-12-14(11)19-8-18-12)13(15)9-2-4-16-5-3-9/h6-7,9,13,16H,2-5,8,15H2,1H3/t13-/m1/s1. The molecule has 19 heavy (non-hydrogen) atoms. The Morgan fingerprint density at radius 1 is 1.32 bits per heavy atom. The van der Waals surface area contributed by atoms with Crippen LogP contribution in [0, 0.1) is 5.92 Å². The van der Waals surface area contributed by atoms with Crippen molar-refractivity contribution < 1.29 is 14.2 Å². The molecule has 0 aromatic heterocycles. The highest BCUT2D eigenvalue weighted by molar-refractivity contribution is 5.55. The molecule has 0 radical (unpaired) electrons. The number of benzene rings is 1. The summed E-state index contributed by atoms with van der Waals surface area (Å²) in [6.45, 7) is 2.33. The van der Waals surface area contributed by atoms with Crippen molar-refractivity contribution in [2.45, 2.75) is 18.9 Å². The summed E-state index contributed by atoms with van der Waals surface area (Å²) in [5, 5.41) is 3.36. The molecule has 0 aliphatic carbocycles. The minimum absolute atomic E-state index is 0.0190. The SMILES string of the molecule is COc1cc([C@H](N)C2CCNCC2)cc2c1OCO2. The Balaban J connectivity index is 1.87. The van der Waals surface area contributed by atoms with Crippen LogP contribution in [0.3, 0.4) is 0 Å². The molecule has 2 heterocycles. The molecule has 3 rings (SSSR count). The second-order valence-electron chi connectivity index (χ2n) is 5.07. The van der Waals surface area contributed by atoms with Gasteiger partial charge in [-0.15, -0.1) is 0 Å². The molecule has 0 unspecified atom stereocenters. The summed E-state index contributed by atoms with van der Waals surface area (Å²) in [6.07, 6.45) is 2.22. The zero-order chi connectivity index (χ0) is 13.2. The van der Waals surface area contributed by atoms with Crippen LogP contribution in [0.1, 0.15) is 24.4 Å². The Bertz CT molecular complexity index is 458. The van der Waals surface area contributed by atoms with Crippen molar-refractivity contribution in [3.05, 3.63) is 17.7 Å². The Morgan fingerprint density at radius 2 is 2.11 bits per heavy atom. The van der Waals surface area contributed by atoms with Gasteiger partial charge < -0.3 is 25.3 Å². The average molecular weight is 264 g/mol. The minimum atomic E-state index is 0.0190. The molecule has 104 valence electrons. The third-order valence-electron chi connectivity index (χ3n) is 3.96. The molecule has 3 N–H and O–H groups in total. The number of nitrogens with two attached hydrogens (primary N) is 1. The molecule has 1 atom stereocenters. The Labute approximate surface area is 113 Å². The van der Waals surface area contributed by atoms with Crippen LogP contribution >= 0.6 is 0 Å². The van der Waals surface area contributed by atoms with Gasteiger partial charge in [0.1, 0.15) is 0 Å². The van der Waals surface area contributed by atoms with Gasteiger partial charge in [-0.1, -0.05) is 0 Å². The van der Waals surface area contributed by atoms with Crippen LogP contribution in [0.15, 0.2) is 12.1 Å². The molecule has 1 saturated heterocycles. The minimum Gasteiger partial charge on any atom is -0.493 e. The van der Waals surface area contributed by atoms with Gasteiger partial charge >= 0.3 is 0 Å². The second kappa shape index (κ2) is 5.27. The van der Waals surface area contributed by atoms with E-state index < -0.39 is 0 Å². The van der Waals surface area contributed by atoms with Crippen LogP contribution in [0.5, 0.6) is 17.2 Å². The predicted octanol–water partition coefficient (Wildman–Crippen LogP) is 1.42. The molecule has 2 aliphatic rings. The van der Waals surface area contributed by atoms with E-state index in [-0.39, 0.29) is 12.8 Å². The predicted molar refractivity (Wildman–Crippen MR) is 71.6 cm³/mol. The summed E-state index contributed by atoms with van der Waals surface area (Å²) in [4.78, 5) is 0. The van der Waals surface area contributed by atoms with E-state index >= 15 is 0 Å². The quantitative estimate of drug-likeness (QED) is 0.864. The smallest absolute Gasteiger partial charge is 0.231 e. The third kappa shape index (κ3) is 2.35. The molecule has 0 amide bonds. The summed E-state index contributed by atoms with van der Waals surface area (Å²) in [7, 11) is 1.64. The van der Waals surface area contributed by atoms with Gasteiger partial charge in [-0.05, 0) is 49.5 Å². The van der Waals surface area contributed by atoms with Crippen LogP contribution in [0.4, 0.5) is 0 Å². The molecule has 0 bridgehead atoms. The summed E-state index contributed by atoms with van der Waals surface area (Å²) in [5.41, 5.74) is 7.47. The average Bonchev–Trinajstić information content (AvgIpc) is 2.94. The van der Waals surface area contributed by atoms with Gasteiger partial charge in [0.2, 0.25) is 12.5 Å². The topological polar surface area (TPSA) is 65.7 Å². The van der Waals surface area contributed by atoms with Crippen molar-refractivity contribution >= 4 is 0 Å². The van der Waals surface area contributed by atoms with Crippen LogP contribution in [-0.4, -0.2) is 27.0 Å². The van der Waals surface area contributed by atoms with Gasteiger partial charge in [-0.2, -0.15) is 0 Å². The maximum atomic E-state index is 6.41. The van der Waals surface area contributed by atoms with Gasteiger partial charge in [0.15, 0.2) is 11.5 Å². The van der Waals surface area contributed by atoms with E-state index in [0.717, 1.165) is 37.2 Å². The van der Waals surface area contributed by atoms with E-state index in [4.69, 9.17) is 19.9 Å². The lowest BCUT2D eigenvalue weighted by molar-refractivity contribution is 0.171. The van der Waals surface area contributed by atoms with Crippen molar-refractivity contribution in [1.29, 1.82) is 0 Å². The molecule has 0 saturated carbocycles. The lowest BCUT2D eigenvalue weighted by Gasteiger charge is -2.28. The lowest BCUT2D eigenvalue weighted by atomic mass is 9.86. The molecule has 2 aliphatic heterocycles. The van der Waals surface area contributed by atoms with E-state index in [9.17, 15) is 0 Å². The number of hydrogen-bond acceptors (Lipinski definition) is 5. The first-order valence-electron chi connectivity index (χ1n) is 6.73. The highest BCUT2D eigenvalue weighted by Gasteiger charge is 2.26. The zero-order valence-electron chi connectivity index (χ0n) is 11.1. The number of methoxy groups -OCH3 is 1. The van der Waals surface area contributed by atoms with E-state index in [1.54, 1.807) is 7.11 Å². The molecular weight excluding hydrogens is 244 g/mol. The molecule has 1 aromatic rings. The first kappa shape index (κ1) is 12.6. The molecule has 0 spiro atoms.